The van der Waals surface area contributed by atoms with Crippen molar-refractivity contribution in [3.63, 3.8) is 0 Å². The summed E-state index contributed by atoms with van der Waals surface area (Å²) in [5.41, 5.74) is 8.77. The highest BCUT2D eigenvalue weighted by atomic mass is 32.2. The molecule has 9 nitrogen and oxygen atoms in total. The number of nitrogens with two attached hydrogens (primary N) is 1. The van der Waals surface area contributed by atoms with E-state index in [0.29, 0.717) is 33.4 Å². The third kappa shape index (κ3) is 4.01. The van der Waals surface area contributed by atoms with Crippen molar-refractivity contribution >= 4 is 17.4 Å². The predicted octanol–water partition coefficient (Wildman–Crippen LogP) is 2.84. The van der Waals surface area contributed by atoms with E-state index in [1.807, 2.05) is 42.5 Å². The van der Waals surface area contributed by atoms with Crippen LogP contribution >= 0.6 is 11.8 Å². The first-order valence-electron chi connectivity index (χ1n) is 9.02. The molecule has 0 aliphatic carbocycles. The summed E-state index contributed by atoms with van der Waals surface area (Å²) >= 11 is 1.19. The summed E-state index contributed by atoms with van der Waals surface area (Å²) in [6.07, 6.45) is 0. The van der Waals surface area contributed by atoms with E-state index in [1.54, 1.807) is 12.1 Å². The Morgan fingerprint density at radius 3 is 2.13 bits per heavy atom. The van der Waals surface area contributed by atoms with Gasteiger partial charge in [0.1, 0.15) is 17.7 Å². The molecule has 0 saturated heterocycles. The first-order chi connectivity index (χ1) is 15.1. The topological polar surface area (TPSA) is 161 Å². The van der Waals surface area contributed by atoms with Gasteiger partial charge in [0.05, 0.1) is 16.3 Å². The predicted molar refractivity (Wildman–Crippen MR) is 116 cm³/mol. The lowest BCUT2D eigenvalue weighted by Gasteiger charge is -2.11. The Hall–Kier alpha value is -4.41. The van der Waals surface area contributed by atoms with E-state index in [2.05, 4.69) is 31.7 Å². The quantitative estimate of drug-likeness (QED) is 0.324. The molecule has 2 aromatic heterocycles. The van der Waals surface area contributed by atoms with E-state index in [-0.39, 0.29) is 11.1 Å². The standard InChI is InChI=1S/C21H14N8OS/c22-9-16-19(14-3-1-12(2-4-14)13-5-7-15(24)8-6-13)17(10-23)21(25-20(16)30)31-11-18-26-28-29-27-18/h1-8H,11,24H2,(H,25,30)(H,26,27,28,29). The molecule has 31 heavy (non-hydrogen) atoms. The minimum atomic E-state index is -0.560. The average molecular weight is 426 g/mol. The molecule has 4 N–H and O–H groups in total. The van der Waals surface area contributed by atoms with Gasteiger partial charge in [-0.3, -0.25) is 4.79 Å². The summed E-state index contributed by atoms with van der Waals surface area (Å²) in [6.45, 7) is 0. The Morgan fingerprint density at radius 1 is 0.935 bits per heavy atom. The second-order valence-electron chi connectivity index (χ2n) is 6.45. The second kappa shape index (κ2) is 8.53. The highest BCUT2D eigenvalue weighted by Gasteiger charge is 2.20. The lowest BCUT2D eigenvalue weighted by molar-refractivity contribution is 0.881. The number of hydrogen-bond acceptors (Lipinski definition) is 8. The second-order valence-corrected chi connectivity index (χ2v) is 7.43. The van der Waals surface area contributed by atoms with Crippen molar-refractivity contribution in [2.24, 2.45) is 0 Å². The Balaban J connectivity index is 1.77. The Kier molecular flexibility index (Phi) is 5.47. The number of nitrogens with one attached hydrogen (secondary N) is 2. The first-order valence-corrected chi connectivity index (χ1v) is 10.0. The molecule has 0 atom stereocenters. The van der Waals surface area contributed by atoms with E-state index in [0.717, 1.165) is 11.1 Å². The maximum Gasteiger partial charge on any atom is 0.267 e. The van der Waals surface area contributed by atoms with Crippen molar-refractivity contribution in [3.05, 3.63) is 75.8 Å². The summed E-state index contributed by atoms with van der Waals surface area (Å²) in [5, 5.41) is 33.3. The van der Waals surface area contributed by atoms with Gasteiger partial charge in [-0.05, 0) is 28.8 Å². The van der Waals surface area contributed by atoms with Crippen LogP contribution in [0.3, 0.4) is 0 Å². The van der Waals surface area contributed by atoms with Crippen molar-refractivity contribution in [3.8, 4) is 34.4 Å². The molecular weight excluding hydrogens is 412 g/mol. The SMILES string of the molecule is N#Cc1c(SCc2nn[nH]n2)[nH]c(=O)c(C#N)c1-c1ccc(-c2ccc(N)cc2)cc1. The normalized spacial score (nSPS) is 10.4. The van der Waals surface area contributed by atoms with Crippen LogP contribution < -0.4 is 11.3 Å². The maximum atomic E-state index is 12.6. The summed E-state index contributed by atoms with van der Waals surface area (Å²) in [4.78, 5) is 15.2. The van der Waals surface area contributed by atoms with E-state index < -0.39 is 5.56 Å². The zero-order chi connectivity index (χ0) is 21.8. The van der Waals surface area contributed by atoms with Crippen LogP contribution in [0.2, 0.25) is 0 Å². The molecular formula is C21H14N8OS. The van der Waals surface area contributed by atoms with Gasteiger partial charge in [-0.2, -0.15) is 15.7 Å². The molecule has 150 valence electrons. The van der Waals surface area contributed by atoms with Crippen LogP contribution in [0, 0.1) is 22.7 Å². The number of thioether (sulfide) groups is 1. The molecule has 0 radical (unpaired) electrons. The summed E-state index contributed by atoms with van der Waals surface area (Å²) < 4.78 is 0. The number of pyridine rings is 1. The van der Waals surface area contributed by atoms with Crippen molar-refractivity contribution in [1.82, 2.24) is 25.6 Å². The molecule has 4 aromatic rings. The smallest absolute Gasteiger partial charge is 0.267 e. The average Bonchev–Trinajstić information content (AvgIpc) is 3.31. The number of hydrogen-bond donors (Lipinski definition) is 3. The zero-order valence-electron chi connectivity index (χ0n) is 16.0. The molecule has 4 rings (SSSR count). The highest BCUT2D eigenvalue weighted by Crippen LogP contribution is 2.33. The fourth-order valence-electron chi connectivity index (χ4n) is 3.08. The molecule has 0 amide bonds. The van der Waals surface area contributed by atoms with Gasteiger partial charge in [-0.25, -0.2) is 0 Å². The molecule has 0 spiro atoms. The van der Waals surface area contributed by atoms with Crippen LogP contribution in [0.4, 0.5) is 5.69 Å². The number of nitriles is 2. The van der Waals surface area contributed by atoms with E-state index in [9.17, 15) is 15.3 Å². The van der Waals surface area contributed by atoms with Crippen molar-refractivity contribution in [1.29, 1.82) is 10.5 Å². The molecule has 2 aromatic carbocycles. The van der Waals surface area contributed by atoms with Crippen LogP contribution in [-0.4, -0.2) is 25.6 Å². The number of nitrogens with zero attached hydrogens (tertiary/aromatic N) is 5. The van der Waals surface area contributed by atoms with Crippen LogP contribution in [0.15, 0.2) is 58.4 Å². The van der Waals surface area contributed by atoms with Gasteiger partial charge in [-0.15, -0.1) is 10.2 Å². The first kappa shape index (κ1) is 19.9. The molecule has 0 aliphatic heterocycles. The molecule has 0 aliphatic rings. The van der Waals surface area contributed by atoms with Crippen molar-refractivity contribution in [2.75, 3.05) is 5.73 Å². The highest BCUT2D eigenvalue weighted by molar-refractivity contribution is 7.98. The number of nitrogen functional groups attached to an aromatic ring is 1. The monoisotopic (exact) mass is 426 g/mol. The number of aromatic amines is 2. The van der Waals surface area contributed by atoms with E-state index in [4.69, 9.17) is 5.73 Å². The van der Waals surface area contributed by atoms with Crippen LogP contribution in [-0.2, 0) is 5.75 Å². The van der Waals surface area contributed by atoms with Crippen molar-refractivity contribution in [2.45, 2.75) is 10.8 Å². The van der Waals surface area contributed by atoms with Gasteiger partial charge >= 0.3 is 0 Å². The third-order valence-corrected chi connectivity index (χ3v) is 5.55. The zero-order valence-corrected chi connectivity index (χ0v) is 16.8. The van der Waals surface area contributed by atoms with Gasteiger partial charge in [0.15, 0.2) is 5.82 Å². The minimum absolute atomic E-state index is 0.110. The summed E-state index contributed by atoms with van der Waals surface area (Å²) in [5.74, 6) is 0.719. The maximum absolute atomic E-state index is 12.6. The van der Waals surface area contributed by atoms with E-state index in [1.165, 1.54) is 11.8 Å². The number of aromatic nitrogens is 5. The van der Waals surface area contributed by atoms with Gasteiger partial charge in [0.2, 0.25) is 0 Å². The summed E-state index contributed by atoms with van der Waals surface area (Å²) in [7, 11) is 0. The number of rotatable bonds is 5. The van der Waals surface area contributed by atoms with Gasteiger partial charge < -0.3 is 10.7 Å². The Morgan fingerprint density at radius 2 is 1.55 bits per heavy atom. The van der Waals surface area contributed by atoms with Crippen LogP contribution in [0.25, 0.3) is 22.3 Å². The number of tetrazole rings is 1. The molecule has 0 unspecified atom stereocenters. The van der Waals surface area contributed by atoms with Gasteiger partial charge in [0.25, 0.3) is 5.56 Å². The lowest BCUT2D eigenvalue weighted by atomic mass is 9.95. The van der Waals surface area contributed by atoms with E-state index >= 15 is 0 Å². The fourth-order valence-corrected chi connectivity index (χ4v) is 3.93. The molecule has 2 heterocycles. The molecule has 0 fully saturated rings. The number of H-pyrrole nitrogens is 2. The Labute approximate surface area is 180 Å². The van der Waals surface area contributed by atoms with Crippen LogP contribution in [0.1, 0.15) is 17.0 Å². The number of benzene rings is 2. The van der Waals surface area contributed by atoms with Crippen LogP contribution in [0.5, 0.6) is 0 Å². The third-order valence-electron chi connectivity index (χ3n) is 4.56. The summed E-state index contributed by atoms with van der Waals surface area (Å²) in [6, 6.07) is 18.8. The minimum Gasteiger partial charge on any atom is -0.399 e. The largest absolute Gasteiger partial charge is 0.399 e. The van der Waals surface area contributed by atoms with Gasteiger partial charge in [0, 0.05) is 11.3 Å². The molecule has 0 bridgehead atoms. The lowest BCUT2D eigenvalue weighted by Crippen LogP contribution is -2.15. The molecule has 0 saturated carbocycles. The van der Waals surface area contributed by atoms with Gasteiger partial charge in [-0.1, -0.05) is 53.4 Å². The fraction of sp³-hybridized carbons (Fsp3) is 0.0476. The van der Waals surface area contributed by atoms with Crippen molar-refractivity contribution < 1.29 is 0 Å². The number of anilines is 1. The molecule has 10 heteroatoms. The Bertz CT molecular complexity index is 1360.